The number of ether oxygens (including phenoxy) is 1. The second-order valence-corrected chi connectivity index (χ2v) is 9.19. The first kappa shape index (κ1) is 19.0. The number of nitrogens with one attached hydrogen (secondary N) is 1. The van der Waals surface area contributed by atoms with E-state index in [1.165, 1.54) is 4.43 Å². The first-order valence-electron chi connectivity index (χ1n) is 10.2. The number of rotatable bonds is 6. The lowest BCUT2D eigenvalue weighted by atomic mass is 10.1. The van der Waals surface area contributed by atoms with Crippen LogP contribution >= 0.6 is 22.6 Å². The van der Waals surface area contributed by atoms with Gasteiger partial charge in [0.1, 0.15) is 29.2 Å². The van der Waals surface area contributed by atoms with Gasteiger partial charge in [-0.3, -0.25) is 10.00 Å². The van der Waals surface area contributed by atoms with Crippen molar-refractivity contribution < 1.29 is 4.74 Å². The molecule has 29 heavy (non-hydrogen) atoms. The molecule has 0 unspecified atom stereocenters. The summed E-state index contributed by atoms with van der Waals surface area (Å²) >= 11 is 2.44. The number of alkyl halides is 1. The number of nitrogens with zero attached hydrogens (tertiary/aromatic N) is 5. The monoisotopic (exact) mass is 504 g/mol. The van der Waals surface area contributed by atoms with Crippen molar-refractivity contribution in [1.82, 2.24) is 25.1 Å². The summed E-state index contributed by atoms with van der Waals surface area (Å²) in [6.45, 7) is 7.45. The molecule has 152 valence electrons. The Morgan fingerprint density at radius 2 is 1.97 bits per heavy atom. The topological polar surface area (TPSA) is 70.2 Å². The van der Waals surface area contributed by atoms with Gasteiger partial charge in [-0.1, -0.05) is 22.6 Å². The van der Waals surface area contributed by atoms with E-state index in [2.05, 4.69) is 71.6 Å². The maximum atomic E-state index is 6.14. The third-order valence-corrected chi connectivity index (χ3v) is 6.33. The van der Waals surface area contributed by atoms with Crippen molar-refractivity contribution >= 4 is 39.3 Å². The van der Waals surface area contributed by atoms with Gasteiger partial charge in [0.15, 0.2) is 0 Å². The van der Waals surface area contributed by atoms with E-state index in [1.807, 2.05) is 12.1 Å². The van der Waals surface area contributed by atoms with Crippen LogP contribution in [0.4, 0.5) is 5.82 Å². The van der Waals surface area contributed by atoms with E-state index in [0.29, 0.717) is 0 Å². The van der Waals surface area contributed by atoms with Gasteiger partial charge in [0.2, 0.25) is 0 Å². The number of aromatic amines is 1. The molecule has 1 aliphatic heterocycles. The largest absolute Gasteiger partial charge is 0.488 e. The van der Waals surface area contributed by atoms with Crippen LogP contribution in [-0.4, -0.2) is 67.8 Å². The van der Waals surface area contributed by atoms with E-state index < -0.39 is 0 Å². The zero-order valence-corrected chi connectivity index (χ0v) is 18.7. The quantitative estimate of drug-likeness (QED) is 0.410. The summed E-state index contributed by atoms with van der Waals surface area (Å²) in [6, 6.07) is 8.16. The normalized spacial score (nSPS) is 18.9. The molecule has 0 amide bonds. The molecule has 0 bridgehead atoms. The fourth-order valence-electron chi connectivity index (χ4n) is 3.78. The smallest absolute Gasteiger partial charge is 0.132 e. The molecular formula is C21H25IN6O. The average molecular weight is 504 g/mol. The zero-order chi connectivity index (χ0) is 19.8. The van der Waals surface area contributed by atoms with Crippen LogP contribution < -0.4 is 9.64 Å². The third kappa shape index (κ3) is 4.05. The molecule has 7 nitrogen and oxygen atoms in total. The van der Waals surface area contributed by atoms with Gasteiger partial charge in [-0.2, -0.15) is 5.10 Å². The molecule has 1 N–H and O–H groups in total. The van der Waals surface area contributed by atoms with Crippen LogP contribution in [0.15, 0.2) is 30.6 Å². The lowest BCUT2D eigenvalue weighted by molar-refractivity contribution is 0.200. The molecule has 0 radical (unpaired) electrons. The van der Waals surface area contributed by atoms with E-state index in [0.717, 1.165) is 79.4 Å². The zero-order valence-electron chi connectivity index (χ0n) is 16.6. The molecule has 2 aliphatic rings. The molecule has 8 heteroatoms. The fourth-order valence-corrected chi connectivity index (χ4v) is 4.47. The lowest BCUT2D eigenvalue weighted by Crippen LogP contribution is -2.47. The molecule has 0 spiro atoms. The minimum atomic E-state index is -0.000882. The summed E-state index contributed by atoms with van der Waals surface area (Å²) in [5, 5.41) is 8.70. The molecule has 2 fully saturated rings. The number of aromatic nitrogens is 4. The summed E-state index contributed by atoms with van der Waals surface area (Å²) in [4.78, 5) is 13.9. The second kappa shape index (κ2) is 7.71. The highest BCUT2D eigenvalue weighted by molar-refractivity contribution is 14.1. The maximum absolute atomic E-state index is 6.14. The van der Waals surface area contributed by atoms with Gasteiger partial charge in [-0.25, -0.2) is 9.97 Å². The van der Waals surface area contributed by atoms with Crippen LogP contribution in [0.25, 0.3) is 22.3 Å². The fraction of sp³-hybridized carbons (Fsp3) is 0.476. The van der Waals surface area contributed by atoms with Crippen molar-refractivity contribution in [2.24, 2.45) is 0 Å². The molecule has 0 atom stereocenters. The maximum Gasteiger partial charge on any atom is 0.132 e. The van der Waals surface area contributed by atoms with Crippen LogP contribution in [0.1, 0.15) is 19.8 Å². The average Bonchev–Trinajstić information content (AvgIpc) is 3.31. The Hall–Kier alpha value is -1.94. The molecule has 1 saturated carbocycles. The highest BCUT2D eigenvalue weighted by atomic mass is 127. The van der Waals surface area contributed by atoms with Crippen molar-refractivity contribution in [2.75, 3.05) is 42.1 Å². The van der Waals surface area contributed by atoms with Gasteiger partial charge < -0.3 is 9.64 Å². The first-order chi connectivity index (χ1) is 14.1. The Kier molecular flexibility index (Phi) is 5.07. The van der Waals surface area contributed by atoms with Gasteiger partial charge in [-0.05, 0) is 38.0 Å². The third-order valence-electron chi connectivity index (χ3n) is 5.84. The summed E-state index contributed by atoms with van der Waals surface area (Å²) in [5.41, 5.74) is 2.67. The van der Waals surface area contributed by atoms with E-state index in [4.69, 9.17) is 4.74 Å². The Morgan fingerprint density at radius 1 is 1.14 bits per heavy atom. The molecule has 3 heterocycles. The predicted molar refractivity (Wildman–Crippen MR) is 123 cm³/mol. The Balaban J connectivity index is 1.40. The van der Waals surface area contributed by atoms with Gasteiger partial charge in [0, 0.05) is 48.6 Å². The number of benzene rings is 1. The van der Waals surface area contributed by atoms with E-state index >= 15 is 0 Å². The van der Waals surface area contributed by atoms with Crippen molar-refractivity contribution in [1.29, 1.82) is 0 Å². The van der Waals surface area contributed by atoms with Gasteiger partial charge in [-0.15, -0.1) is 0 Å². The van der Waals surface area contributed by atoms with Crippen molar-refractivity contribution in [3.05, 3.63) is 30.6 Å². The van der Waals surface area contributed by atoms with Crippen molar-refractivity contribution in [3.63, 3.8) is 0 Å². The highest BCUT2D eigenvalue weighted by Gasteiger charge is 2.40. The highest BCUT2D eigenvalue weighted by Crippen LogP contribution is 2.40. The van der Waals surface area contributed by atoms with Crippen LogP contribution in [0.5, 0.6) is 5.75 Å². The van der Waals surface area contributed by atoms with Crippen LogP contribution in [-0.2, 0) is 0 Å². The number of fused-ring (bicyclic) bond motifs is 1. The van der Waals surface area contributed by atoms with Gasteiger partial charge in [0.25, 0.3) is 0 Å². The predicted octanol–water partition coefficient (Wildman–Crippen LogP) is 3.51. The number of halogens is 1. The summed E-state index contributed by atoms with van der Waals surface area (Å²) < 4.78 is 7.32. The van der Waals surface area contributed by atoms with Crippen molar-refractivity contribution in [3.8, 4) is 17.1 Å². The molecule has 1 saturated heterocycles. The van der Waals surface area contributed by atoms with Crippen molar-refractivity contribution in [2.45, 2.75) is 25.4 Å². The molecule has 1 aliphatic carbocycles. The standard InChI is InChI=1S/C21H25IN6O/c1-21(4-5-21)29-15-2-3-17-16(12-15)20(26-25-17)18-13-19(24-14-23-18)28-10-8-27(7-6-22)9-11-28/h2-3,12-14H,4-11H2,1H3,(H,25,26). The molecule has 1 aromatic carbocycles. The number of hydrogen-bond acceptors (Lipinski definition) is 6. The summed E-state index contributed by atoms with van der Waals surface area (Å²) in [5.74, 6) is 1.86. The van der Waals surface area contributed by atoms with E-state index in [-0.39, 0.29) is 5.60 Å². The molecular weight excluding hydrogens is 479 g/mol. The van der Waals surface area contributed by atoms with E-state index in [1.54, 1.807) is 6.33 Å². The van der Waals surface area contributed by atoms with Gasteiger partial charge in [0.05, 0.1) is 11.2 Å². The van der Waals surface area contributed by atoms with Crippen LogP contribution in [0, 0.1) is 0 Å². The summed E-state index contributed by atoms with van der Waals surface area (Å²) in [7, 11) is 0. The minimum Gasteiger partial charge on any atom is -0.488 e. The van der Waals surface area contributed by atoms with E-state index in [9.17, 15) is 0 Å². The number of hydrogen-bond donors (Lipinski definition) is 1. The van der Waals surface area contributed by atoms with Crippen LogP contribution in [0.3, 0.4) is 0 Å². The van der Waals surface area contributed by atoms with Crippen LogP contribution in [0.2, 0.25) is 0 Å². The number of anilines is 1. The molecule has 5 rings (SSSR count). The SMILES string of the molecule is CC1(Oc2ccc3[nH]nc(-c4cc(N5CCN(CCI)CC5)ncn4)c3c2)CC1. The molecule has 2 aromatic heterocycles. The Bertz CT molecular complexity index is 1010. The summed E-state index contributed by atoms with van der Waals surface area (Å²) in [6.07, 6.45) is 3.88. The lowest BCUT2D eigenvalue weighted by Gasteiger charge is -2.35. The second-order valence-electron chi connectivity index (χ2n) is 8.11. The Morgan fingerprint density at radius 3 is 2.72 bits per heavy atom. The van der Waals surface area contributed by atoms with Gasteiger partial charge >= 0.3 is 0 Å². The first-order valence-corrected chi connectivity index (χ1v) is 11.7. The number of H-pyrrole nitrogens is 1. The Labute approximate surface area is 184 Å². The minimum absolute atomic E-state index is 0.000882. The number of piperazine rings is 1. The molecule has 3 aromatic rings.